The average Bonchev–Trinajstić information content (AvgIpc) is 3.30. The molecular formula is C35H60N4O2. The summed E-state index contributed by atoms with van der Waals surface area (Å²) in [5, 5.41) is 6.58. The van der Waals surface area contributed by atoms with Gasteiger partial charge in [-0.15, -0.1) is 0 Å². The minimum Gasteiger partial charge on any atom is -0.368 e. The van der Waals surface area contributed by atoms with Crippen LogP contribution in [0.1, 0.15) is 131 Å². The number of amides is 1. The SMILES string of the molecule is CC(C)CCC[C@@H](C)[C@H]1CC[C@H]2[C@@H]3CC=C4C[C@@H](OCC(=O)NCCCCCCN=[N+]=[N-])CC[C@]4(C)[C@H]3CC[C@]12C. The number of ether oxygens (including phenoxy) is 1. The molecule has 0 heterocycles. The molecule has 232 valence electrons. The average molecular weight is 569 g/mol. The van der Waals surface area contributed by atoms with Gasteiger partial charge in [0.25, 0.3) is 0 Å². The van der Waals surface area contributed by atoms with Crippen LogP contribution in [0.5, 0.6) is 0 Å². The van der Waals surface area contributed by atoms with E-state index in [9.17, 15) is 4.79 Å². The molecule has 0 saturated heterocycles. The topological polar surface area (TPSA) is 87.1 Å². The molecule has 1 amide bonds. The molecule has 1 N–H and O–H groups in total. The van der Waals surface area contributed by atoms with Gasteiger partial charge in [-0.05, 0) is 116 Å². The molecule has 0 aliphatic heterocycles. The van der Waals surface area contributed by atoms with E-state index in [-0.39, 0.29) is 18.6 Å². The summed E-state index contributed by atoms with van der Waals surface area (Å²) >= 11 is 0. The van der Waals surface area contributed by atoms with Crippen molar-refractivity contribution in [3.8, 4) is 0 Å². The quantitative estimate of drug-likeness (QED) is 0.0701. The number of nitrogens with one attached hydrogen (secondary N) is 1. The number of nitrogens with zero attached hydrogens (tertiary/aromatic N) is 3. The molecule has 0 aromatic heterocycles. The van der Waals surface area contributed by atoms with Gasteiger partial charge in [0.05, 0.1) is 6.10 Å². The van der Waals surface area contributed by atoms with E-state index < -0.39 is 0 Å². The summed E-state index contributed by atoms with van der Waals surface area (Å²) < 4.78 is 6.17. The third kappa shape index (κ3) is 7.71. The summed E-state index contributed by atoms with van der Waals surface area (Å²) in [4.78, 5) is 15.2. The predicted octanol–water partition coefficient (Wildman–Crippen LogP) is 9.40. The zero-order chi connectivity index (χ0) is 29.5. The highest BCUT2D eigenvalue weighted by atomic mass is 16.5. The van der Waals surface area contributed by atoms with Gasteiger partial charge in [0.2, 0.25) is 5.91 Å². The molecule has 4 aliphatic carbocycles. The van der Waals surface area contributed by atoms with Crippen LogP contribution in [0.4, 0.5) is 0 Å². The summed E-state index contributed by atoms with van der Waals surface area (Å²) in [5.41, 5.74) is 10.8. The van der Waals surface area contributed by atoms with Gasteiger partial charge in [-0.25, -0.2) is 0 Å². The Balaban J connectivity index is 1.24. The van der Waals surface area contributed by atoms with Crippen molar-refractivity contribution in [1.82, 2.24) is 5.32 Å². The smallest absolute Gasteiger partial charge is 0.246 e. The van der Waals surface area contributed by atoms with E-state index >= 15 is 0 Å². The first-order chi connectivity index (χ1) is 19.7. The van der Waals surface area contributed by atoms with E-state index in [0.29, 0.717) is 23.9 Å². The lowest BCUT2D eigenvalue weighted by Crippen LogP contribution is -2.51. The number of unbranched alkanes of at least 4 members (excludes halogenated alkanes) is 3. The molecular weight excluding hydrogens is 508 g/mol. The van der Waals surface area contributed by atoms with E-state index in [1.165, 1.54) is 57.8 Å². The molecule has 6 heteroatoms. The van der Waals surface area contributed by atoms with Gasteiger partial charge < -0.3 is 10.1 Å². The molecule has 6 nitrogen and oxygen atoms in total. The molecule has 0 bridgehead atoms. The van der Waals surface area contributed by atoms with Crippen LogP contribution in [0.25, 0.3) is 10.4 Å². The fraction of sp³-hybridized carbons (Fsp3) is 0.914. The number of carbonyl (C=O) groups excluding carboxylic acids is 1. The first kappa shape index (κ1) is 32.4. The van der Waals surface area contributed by atoms with E-state index in [1.54, 1.807) is 5.57 Å². The second kappa shape index (κ2) is 14.8. The lowest BCUT2D eigenvalue weighted by atomic mass is 9.47. The Bertz CT molecular complexity index is 942. The van der Waals surface area contributed by atoms with Crippen LogP contribution in [0, 0.1) is 46.3 Å². The van der Waals surface area contributed by atoms with Crippen molar-refractivity contribution in [2.75, 3.05) is 19.7 Å². The Morgan fingerprint density at radius 3 is 2.63 bits per heavy atom. The fourth-order valence-corrected chi connectivity index (χ4v) is 9.97. The second-order valence-corrected chi connectivity index (χ2v) is 15.2. The summed E-state index contributed by atoms with van der Waals surface area (Å²) in [6, 6.07) is 0. The van der Waals surface area contributed by atoms with Crippen LogP contribution < -0.4 is 5.32 Å². The number of rotatable bonds is 15. The maximum atomic E-state index is 12.4. The molecule has 0 aromatic carbocycles. The third-order valence-electron chi connectivity index (χ3n) is 12.3. The van der Waals surface area contributed by atoms with Gasteiger partial charge in [-0.2, -0.15) is 0 Å². The van der Waals surface area contributed by atoms with E-state index in [4.69, 9.17) is 10.3 Å². The van der Waals surface area contributed by atoms with Gasteiger partial charge in [0.15, 0.2) is 0 Å². The van der Waals surface area contributed by atoms with Crippen LogP contribution in [-0.2, 0) is 9.53 Å². The second-order valence-electron chi connectivity index (χ2n) is 15.2. The molecule has 0 radical (unpaired) electrons. The summed E-state index contributed by atoms with van der Waals surface area (Å²) in [6.45, 7) is 14.0. The molecule has 41 heavy (non-hydrogen) atoms. The van der Waals surface area contributed by atoms with Crippen LogP contribution in [0.15, 0.2) is 16.8 Å². The van der Waals surface area contributed by atoms with Crippen molar-refractivity contribution in [1.29, 1.82) is 0 Å². The Morgan fingerprint density at radius 2 is 1.85 bits per heavy atom. The van der Waals surface area contributed by atoms with Crippen LogP contribution >= 0.6 is 0 Å². The van der Waals surface area contributed by atoms with Gasteiger partial charge >= 0.3 is 0 Å². The Morgan fingerprint density at radius 1 is 1.05 bits per heavy atom. The van der Waals surface area contributed by atoms with Crippen LogP contribution in [-0.4, -0.2) is 31.7 Å². The highest BCUT2D eigenvalue weighted by Crippen LogP contribution is 2.67. The van der Waals surface area contributed by atoms with Crippen molar-refractivity contribution in [2.45, 2.75) is 137 Å². The third-order valence-corrected chi connectivity index (χ3v) is 12.3. The first-order valence-corrected chi connectivity index (χ1v) is 17.3. The number of carbonyl (C=O) groups is 1. The molecule has 4 aliphatic rings. The van der Waals surface area contributed by atoms with E-state index in [2.05, 4.69) is 56.0 Å². The summed E-state index contributed by atoms with van der Waals surface area (Å²) in [5.74, 6) is 5.20. The standard InChI is InChI=1S/C35H60N4O2/c1-25(2)11-10-12-26(3)30-15-16-31-29-14-13-27-23-28(17-19-34(27,4)32(29)18-20-35(30,31)5)41-24-33(40)37-21-8-6-7-9-22-38-39-36/h13,25-26,28-32H,6-12,14-24H2,1-5H3,(H,37,40)/t26-,28+,29+,30-,31+,32+,34+,35-/m1/s1. The fourth-order valence-electron chi connectivity index (χ4n) is 9.97. The highest BCUT2D eigenvalue weighted by Gasteiger charge is 2.59. The van der Waals surface area contributed by atoms with Crippen molar-refractivity contribution in [3.05, 3.63) is 22.1 Å². The molecule has 0 unspecified atom stereocenters. The summed E-state index contributed by atoms with van der Waals surface area (Å²) in [7, 11) is 0. The molecule has 4 rings (SSSR count). The maximum Gasteiger partial charge on any atom is 0.246 e. The molecule has 8 atom stereocenters. The normalized spacial score (nSPS) is 35.1. The van der Waals surface area contributed by atoms with E-state index in [1.807, 2.05) is 0 Å². The van der Waals surface area contributed by atoms with Gasteiger partial charge in [-0.3, -0.25) is 4.79 Å². The number of hydrogen-bond donors (Lipinski definition) is 1. The van der Waals surface area contributed by atoms with Gasteiger partial charge in [0, 0.05) is 18.0 Å². The largest absolute Gasteiger partial charge is 0.368 e. The Kier molecular flexibility index (Phi) is 11.7. The number of azide groups is 1. The number of allylic oxidation sites excluding steroid dienone is 1. The monoisotopic (exact) mass is 568 g/mol. The lowest BCUT2D eigenvalue weighted by Gasteiger charge is -2.58. The van der Waals surface area contributed by atoms with Crippen LogP contribution in [0.3, 0.4) is 0 Å². The molecule has 3 fully saturated rings. The number of fused-ring (bicyclic) bond motifs is 5. The van der Waals surface area contributed by atoms with Crippen molar-refractivity contribution in [3.63, 3.8) is 0 Å². The number of hydrogen-bond acceptors (Lipinski definition) is 3. The Hall–Kier alpha value is -1.52. The molecule has 3 saturated carbocycles. The predicted molar refractivity (Wildman–Crippen MR) is 168 cm³/mol. The van der Waals surface area contributed by atoms with Crippen molar-refractivity contribution >= 4 is 5.91 Å². The minimum atomic E-state index is 0.00546. The minimum absolute atomic E-state index is 0.00546. The van der Waals surface area contributed by atoms with Crippen molar-refractivity contribution < 1.29 is 9.53 Å². The van der Waals surface area contributed by atoms with Gasteiger partial charge in [0.1, 0.15) is 6.61 Å². The molecule has 0 aromatic rings. The zero-order valence-corrected chi connectivity index (χ0v) is 27.0. The summed E-state index contributed by atoms with van der Waals surface area (Å²) in [6.07, 6.45) is 21.2. The van der Waals surface area contributed by atoms with Crippen molar-refractivity contribution in [2.24, 2.45) is 51.5 Å². The van der Waals surface area contributed by atoms with Gasteiger partial charge in [-0.1, -0.05) is 83.5 Å². The molecule has 0 spiro atoms. The first-order valence-electron chi connectivity index (χ1n) is 17.3. The maximum absolute atomic E-state index is 12.4. The highest BCUT2D eigenvalue weighted by molar-refractivity contribution is 5.77. The Labute approximate surface area is 250 Å². The van der Waals surface area contributed by atoms with Crippen LogP contribution in [0.2, 0.25) is 0 Å². The zero-order valence-electron chi connectivity index (χ0n) is 27.0. The lowest BCUT2D eigenvalue weighted by molar-refractivity contribution is -0.129. The van der Waals surface area contributed by atoms with E-state index in [0.717, 1.165) is 74.0 Å².